The van der Waals surface area contributed by atoms with Crippen molar-refractivity contribution in [1.29, 1.82) is 0 Å². The van der Waals surface area contributed by atoms with Crippen LogP contribution in [0.5, 0.6) is 17.2 Å². The van der Waals surface area contributed by atoms with Crippen molar-refractivity contribution >= 4 is 11.6 Å². The SMILES string of the molecule is COc1ccc(OC)c(/C(C)=N\NC(=O)c2ccc(O)cc2)c1. The summed E-state index contributed by atoms with van der Waals surface area (Å²) in [6.45, 7) is 1.76. The van der Waals surface area contributed by atoms with Gasteiger partial charge in [-0.2, -0.15) is 5.10 Å². The van der Waals surface area contributed by atoms with Gasteiger partial charge in [0.05, 0.1) is 19.9 Å². The molecule has 1 amide bonds. The van der Waals surface area contributed by atoms with Gasteiger partial charge in [0.25, 0.3) is 5.91 Å². The number of nitrogens with one attached hydrogen (secondary N) is 1. The Kier molecular flexibility index (Phi) is 5.19. The fourth-order valence-corrected chi connectivity index (χ4v) is 1.97. The molecule has 0 aliphatic rings. The Morgan fingerprint density at radius 2 is 1.78 bits per heavy atom. The van der Waals surface area contributed by atoms with Gasteiger partial charge in [-0.1, -0.05) is 0 Å². The summed E-state index contributed by atoms with van der Waals surface area (Å²) in [4.78, 5) is 12.0. The first-order valence-corrected chi connectivity index (χ1v) is 6.91. The Bertz CT molecular complexity index is 724. The second kappa shape index (κ2) is 7.31. The zero-order chi connectivity index (χ0) is 16.8. The third-order valence-electron chi connectivity index (χ3n) is 3.25. The highest BCUT2D eigenvalue weighted by molar-refractivity contribution is 6.03. The maximum atomic E-state index is 12.0. The number of benzene rings is 2. The van der Waals surface area contributed by atoms with Gasteiger partial charge >= 0.3 is 0 Å². The van der Waals surface area contributed by atoms with Crippen LogP contribution in [-0.4, -0.2) is 30.9 Å². The molecule has 2 aromatic carbocycles. The number of ether oxygens (including phenoxy) is 2. The third-order valence-corrected chi connectivity index (χ3v) is 3.25. The quantitative estimate of drug-likeness (QED) is 0.656. The number of carbonyl (C=O) groups is 1. The van der Waals surface area contributed by atoms with Gasteiger partial charge in [0.1, 0.15) is 17.2 Å². The molecular weight excluding hydrogens is 296 g/mol. The average Bonchev–Trinajstić information content (AvgIpc) is 2.59. The summed E-state index contributed by atoms with van der Waals surface area (Å²) in [5, 5.41) is 13.3. The lowest BCUT2D eigenvalue weighted by Crippen LogP contribution is -2.19. The van der Waals surface area contributed by atoms with Gasteiger partial charge in [-0.3, -0.25) is 4.79 Å². The fraction of sp³-hybridized carbons (Fsp3) is 0.176. The Balaban J connectivity index is 2.19. The summed E-state index contributed by atoms with van der Waals surface area (Å²) < 4.78 is 10.5. The van der Waals surface area contributed by atoms with E-state index in [1.165, 1.54) is 24.3 Å². The number of phenols is 1. The molecule has 0 aliphatic heterocycles. The van der Waals surface area contributed by atoms with Gasteiger partial charge < -0.3 is 14.6 Å². The van der Waals surface area contributed by atoms with Crippen molar-refractivity contribution in [1.82, 2.24) is 5.43 Å². The largest absolute Gasteiger partial charge is 0.508 e. The van der Waals surface area contributed by atoms with E-state index in [0.717, 1.165) is 5.56 Å². The first-order chi connectivity index (χ1) is 11.0. The number of phenolic OH excluding ortho intramolecular Hbond substituents is 1. The highest BCUT2D eigenvalue weighted by Gasteiger charge is 2.10. The first kappa shape index (κ1) is 16.4. The molecule has 23 heavy (non-hydrogen) atoms. The lowest BCUT2D eigenvalue weighted by Gasteiger charge is -2.10. The van der Waals surface area contributed by atoms with E-state index in [2.05, 4.69) is 10.5 Å². The normalized spacial score (nSPS) is 11.0. The highest BCUT2D eigenvalue weighted by atomic mass is 16.5. The van der Waals surface area contributed by atoms with Crippen LogP contribution in [0.3, 0.4) is 0 Å². The van der Waals surface area contributed by atoms with E-state index in [4.69, 9.17) is 9.47 Å². The van der Waals surface area contributed by atoms with Crippen molar-refractivity contribution < 1.29 is 19.4 Å². The molecule has 0 heterocycles. The molecule has 120 valence electrons. The molecule has 2 aromatic rings. The Labute approximate surface area is 134 Å². The number of nitrogens with zero attached hydrogens (tertiary/aromatic N) is 1. The van der Waals surface area contributed by atoms with Crippen molar-refractivity contribution in [3.63, 3.8) is 0 Å². The third kappa shape index (κ3) is 4.00. The van der Waals surface area contributed by atoms with Crippen molar-refractivity contribution in [2.24, 2.45) is 5.10 Å². The number of methoxy groups -OCH3 is 2. The topological polar surface area (TPSA) is 80.2 Å². The Morgan fingerprint density at radius 3 is 2.39 bits per heavy atom. The van der Waals surface area contributed by atoms with Crippen molar-refractivity contribution in [2.45, 2.75) is 6.92 Å². The molecule has 0 atom stereocenters. The Hall–Kier alpha value is -3.02. The van der Waals surface area contributed by atoms with Crippen LogP contribution in [-0.2, 0) is 0 Å². The average molecular weight is 314 g/mol. The van der Waals surface area contributed by atoms with E-state index in [1.807, 2.05) is 0 Å². The predicted octanol–water partition coefficient (Wildman–Crippen LogP) is 2.56. The fourth-order valence-electron chi connectivity index (χ4n) is 1.97. The number of carbonyl (C=O) groups excluding carboxylic acids is 1. The molecule has 0 unspecified atom stereocenters. The van der Waals surface area contributed by atoms with Crippen LogP contribution in [0, 0.1) is 0 Å². The number of hydrazone groups is 1. The van der Waals surface area contributed by atoms with Gasteiger partial charge in [-0.05, 0) is 49.4 Å². The highest BCUT2D eigenvalue weighted by Crippen LogP contribution is 2.24. The molecule has 0 radical (unpaired) electrons. The zero-order valence-electron chi connectivity index (χ0n) is 13.2. The lowest BCUT2D eigenvalue weighted by atomic mass is 10.1. The lowest BCUT2D eigenvalue weighted by molar-refractivity contribution is 0.0955. The van der Waals surface area contributed by atoms with Crippen LogP contribution < -0.4 is 14.9 Å². The standard InChI is InChI=1S/C17H18N2O4/c1-11(15-10-14(22-2)8-9-16(15)23-3)18-19-17(21)12-4-6-13(20)7-5-12/h4-10,20H,1-3H3,(H,19,21)/b18-11-. The van der Waals surface area contributed by atoms with E-state index in [9.17, 15) is 9.90 Å². The number of rotatable bonds is 5. The summed E-state index contributed by atoms with van der Waals surface area (Å²) in [7, 11) is 3.14. The van der Waals surface area contributed by atoms with Crippen LogP contribution in [0.4, 0.5) is 0 Å². The molecule has 2 rings (SSSR count). The second-order valence-electron chi connectivity index (χ2n) is 4.75. The molecule has 0 bridgehead atoms. The molecule has 0 fully saturated rings. The summed E-state index contributed by atoms with van der Waals surface area (Å²) in [6, 6.07) is 11.3. The Morgan fingerprint density at radius 1 is 1.09 bits per heavy atom. The monoisotopic (exact) mass is 314 g/mol. The maximum absolute atomic E-state index is 12.0. The van der Waals surface area contributed by atoms with Crippen LogP contribution in [0.2, 0.25) is 0 Å². The van der Waals surface area contributed by atoms with E-state index >= 15 is 0 Å². The van der Waals surface area contributed by atoms with E-state index in [1.54, 1.807) is 39.3 Å². The molecule has 2 N–H and O–H groups in total. The molecule has 0 aromatic heterocycles. The maximum Gasteiger partial charge on any atom is 0.271 e. The molecule has 0 spiro atoms. The smallest absolute Gasteiger partial charge is 0.271 e. The summed E-state index contributed by atoms with van der Waals surface area (Å²) in [5.74, 6) is 1.03. The van der Waals surface area contributed by atoms with Crippen LogP contribution in [0.25, 0.3) is 0 Å². The molecule has 0 saturated carbocycles. The zero-order valence-corrected chi connectivity index (χ0v) is 13.2. The van der Waals surface area contributed by atoms with Crippen LogP contribution >= 0.6 is 0 Å². The van der Waals surface area contributed by atoms with Crippen molar-refractivity contribution in [2.75, 3.05) is 14.2 Å². The van der Waals surface area contributed by atoms with Crippen molar-refractivity contribution in [3.8, 4) is 17.2 Å². The molecule has 6 heteroatoms. The predicted molar refractivity (Wildman–Crippen MR) is 87.3 cm³/mol. The summed E-state index contributed by atoms with van der Waals surface area (Å²) in [6.07, 6.45) is 0. The van der Waals surface area contributed by atoms with Gasteiger partial charge in [-0.15, -0.1) is 0 Å². The van der Waals surface area contributed by atoms with Crippen LogP contribution in [0.1, 0.15) is 22.8 Å². The minimum Gasteiger partial charge on any atom is -0.508 e. The van der Waals surface area contributed by atoms with E-state index in [0.29, 0.717) is 22.8 Å². The summed E-state index contributed by atoms with van der Waals surface area (Å²) in [5.41, 5.74) is 4.17. The minimum atomic E-state index is -0.369. The van der Waals surface area contributed by atoms with Crippen molar-refractivity contribution in [3.05, 3.63) is 53.6 Å². The van der Waals surface area contributed by atoms with Gasteiger partial charge in [0.15, 0.2) is 0 Å². The molecular formula is C17H18N2O4. The molecule has 0 saturated heterocycles. The number of aromatic hydroxyl groups is 1. The molecule has 0 aliphatic carbocycles. The second-order valence-corrected chi connectivity index (χ2v) is 4.75. The van der Waals surface area contributed by atoms with Gasteiger partial charge in [0, 0.05) is 11.1 Å². The molecule has 6 nitrogen and oxygen atoms in total. The number of hydrogen-bond donors (Lipinski definition) is 2. The van der Waals surface area contributed by atoms with Gasteiger partial charge in [0.2, 0.25) is 0 Å². The van der Waals surface area contributed by atoms with E-state index < -0.39 is 0 Å². The minimum absolute atomic E-state index is 0.0994. The van der Waals surface area contributed by atoms with Gasteiger partial charge in [-0.25, -0.2) is 5.43 Å². The first-order valence-electron chi connectivity index (χ1n) is 6.91. The number of amides is 1. The van der Waals surface area contributed by atoms with Crippen LogP contribution in [0.15, 0.2) is 47.6 Å². The summed E-state index contributed by atoms with van der Waals surface area (Å²) >= 11 is 0. The van der Waals surface area contributed by atoms with E-state index in [-0.39, 0.29) is 11.7 Å². The number of hydrogen-bond acceptors (Lipinski definition) is 5.